The molecule has 0 aliphatic carbocycles. The molecule has 4 nitrogen and oxygen atoms in total. The van der Waals surface area contributed by atoms with Crippen LogP contribution in [0.5, 0.6) is 5.75 Å². The highest BCUT2D eigenvalue weighted by atomic mass is 127. The van der Waals surface area contributed by atoms with Gasteiger partial charge in [-0.2, -0.15) is 5.26 Å². The Morgan fingerprint density at radius 3 is 2.62 bits per heavy atom. The molecule has 0 heterocycles. The van der Waals surface area contributed by atoms with E-state index in [9.17, 15) is 10.3 Å². The Morgan fingerprint density at radius 1 is 1.21 bits per heavy atom. The van der Waals surface area contributed by atoms with Crippen molar-refractivity contribution in [1.82, 2.24) is 0 Å². The van der Waals surface area contributed by atoms with E-state index in [0.717, 1.165) is 25.6 Å². The van der Waals surface area contributed by atoms with Crippen LogP contribution >= 0.6 is 34.2 Å². The summed E-state index contributed by atoms with van der Waals surface area (Å²) in [5.41, 5.74) is 3.89. The van der Waals surface area contributed by atoms with Crippen LogP contribution in [-0.4, -0.2) is 18.6 Å². The van der Waals surface area contributed by atoms with E-state index in [1.807, 2.05) is 53.3 Å². The number of ether oxygens (including phenoxy) is 1. The smallest absolute Gasteiger partial charge is 0.409 e. The number of hydrogen-bond acceptors (Lipinski definition) is 4. The molecular weight excluding hydrogens is 497 g/mol. The third kappa shape index (κ3) is 5.05. The van der Waals surface area contributed by atoms with Crippen LogP contribution in [0.15, 0.2) is 66.2 Å². The molecule has 0 spiro atoms. The Balaban J connectivity index is 2.12. The second-order valence-electron chi connectivity index (χ2n) is 6.50. The fourth-order valence-electron chi connectivity index (χ4n) is 3.08. The van der Waals surface area contributed by atoms with Crippen LogP contribution in [0.4, 0.5) is 5.69 Å². The fraction of sp³-hybridized carbons (Fsp3) is 0.136. The van der Waals surface area contributed by atoms with E-state index in [4.69, 9.17) is 16.3 Å². The maximum Gasteiger partial charge on any atom is 0.409 e. The molecule has 0 aromatic heterocycles. The predicted octanol–water partition coefficient (Wildman–Crippen LogP) is 5.56. The Morgan fingerprint density at radius 2 is 1.97 bits per heavy atom. The van der Waals surface area contributed by atoms with Gasteiger partial charge in [0.15, 0.2) is 0 Å². The van der Waals surface area contributed by atoms with Gasteiger partial charge in [0, 0.05) is 38.2 Å². The van der Waals surface area contributed by atoms with Crippen molar-refractivity contribution < 1.29 is 9.76 Å². The zero-order valence-electron chi connectivity index (χ0n) is 15.8. The van der Waals surface area contributed by atoms with E-state index < -0.39 is 7.05 Å². The van der Waals surface area contributed by atoms with Gasteiger partial charge in [0.05, 0.1) is 11.6 Å². The molecule has 7 heteroatoms. The second kappa shape index (κ2) is 10.0. The molecule has 0 aliphatic rings. The number of hydrogen-bond donors (Lipinski definition) is 1. The molecule has 3 aromatic carbocycles. The van der Waals surface area contributed by atoms with Crippen LogP contribution in [0.2, 0.25) is 6.82 Å². The molecule has 0 aliphatic heterocycles. The van der Waals surface area contributed by atoms with E-state index in [1.165, 1.54) is 5.54 Å². The summed E-state index contributed by atoms with van der Waals surface area (Å²) >= 11 is 7.96. The van der Waals surface area contributed by atoms with Crippen LogP contribution in [0.3, 0.4) is 0 Å². The SMILES string of the molecule is CB(O)N(C/C=C/Cl)c1cc(OCc2ccccc2)c2ccc(C#N)cc2c1I. The average Bonchev–Trinajstić information content (AvgIpc) is 2.74. The van der Waals surface area contributed by atoms with Gasteiger partial charge in [-0.15, -0.1) is 0 Å². The van der Waals surface area contributed by atoms with Crippen molar-refractivity contribution in [2.24, 2.45) is 0 Å². The minimum Gasteiger partial charge on any atom is -0.488 e. The molecule has 3 rings (SSSR count). The number of nitriles is 1. The van der Waals surface area contributed by atoms with Gasteiger partial charge in [-0.3, -0.25) is 0 Å². The summed E-state index contributed by atoms with van der Waals surface area (Å²) in [5.74, 6) is 0.698. The number of nitrogens with zero attached hydrogens (tertiary/aromatic N) is 2. The topological polar surface area (TPSA) is 56.5 Å². The van der Waals surface area contributed by atoms with Crippen molar-refractivity contribution in [2.45, 2.75) is 13.4 Å². The predicted molar refractivity (Wildman–Crippen MR) is 128 cm³/mol. The molecular formula is C22H19BClIN2O2. The van der Waals surface area contributed by atoms with E-state index >= 15 is 0 Å². The molecule has 1 N–H and O–H groups in total. The molecule has 0 bridgehead atoms. The van der Waals surface area contributed by atoms with Crippen molar-refractivity contribution in [3.63, 3.8) is 0 Å². The first-order valence-electron chi connectivity index (χ1n) is 9.08. The highest BCUT2D eigenvalue weighted by Gasteiger charge is 2.22. The highest BCUT2D eigenvalue weighted by molar-refractivity contribution is 14.1. The van der Waals surface area contributed by atoms with Gasteiger partial charge in [0.25, 0.3) is 0 Å². The van der Waals surface area contributed by atoms with E-state index in [0.29, 0.717) is 24.5 Å². The normalized spacial score (nSPS) is 10.9. The summed E-state index contributed by atoms with van der Waals surface area (Å²) in [5, 5.41) is 21.5. The lowest BCUT2D eigenvalue weighted by molar-refractivity contribution is 0.310. The largest absolute Gasteiger partial charge is 0.488 e. The first kappa shape index (κ1) is 21.5. The van der Waals surface area contributed by atoms with Crippen LogP contribution in [0.1, 0.15) is 11.1 Å². The van der Waals surface area contributed by atoms with E-state index in [1.54, 1.807) is 19.0 Å². The molecule has 146 valence electrons. The van der Waals surface area contributed by atoms with Crippen molar-refractivity contribution >= 4 is 57.7 Å². The maximum absolute atomic E-state index is 10.3. The molecule has 0 fully saturated rings. The Hall–Kier alpha value is -2.21. The number of rotatable bonds is 7. The zero-order chi connectivity index (χ0) is 20.8. The summed E-state index contributed by atoms with van der Waals surface area (Å²) in [6, 6.07) is 19.6. The third-order valence-corrected chi connectivity index (χ3v) is 5.84. The fourth-order valence-corrected chi connectivity index (χ4v) is 4.07. The highest BCUT2D eigenvalue weighted by Crippen LogP contribution is 2.38. The van der Waals surface area contributed by atoms with Crippen molar-refractivity contribution in [2.75, 3.05) is 11.4 Å². The molecule has 0 radical (unpaired) electrons. The Labute approximate surface area is 189 Å². The standard InChI is InChI=1S/C22H19BClIN2O2/c1-23(28)27(11-5-10-24)20-13-21(29-15-16-6-3-2-4-7-16)18-9-8-17(14-26)12-19(18)22(20)25/h2-10,12-13,28H,11,15H2,1H3/b10-5+. The van der Waals surface area contributed by atoms with Gasteiger partial charge in [-0.1, -0.05) is 48.0 Å². The molecule has 0 saturated heterocycles. The van der Waals surface area contributed by atoms with Gasteiger partial charge in [0.1, 0.15) is 12.4 Å². The molecule has 0 atom stereocenters. The van der Waals surface area contributed by atoms with Crippen molar-refractivity contribution in [3.05, 3.63) is 80.9 Å². The number of anilines is 1. The second-order valence-corrected chi connectivity index (χ2v) is 7.83. The molecule has 3 aromatic rings. The lowest BCUT2D eigenvalue weighted by Crippen LogP contribution is -2.37. The number of fused-ring (bicyclic) bond motifs is 1. The Kier molecular flexibility index (Phi) is 7.42. The average molecular weight is 517 g/mol. The van der Waals surface area contributed by atoms with Gasteiger partial charge in [-0.05, 0) is 53.2 Å². The zero-order valence-corrected chi connectivity index (χ0v) is 18.8. The number of halogens is 2. The summed E-state index contributed by atoms with van der Waals surface area (Å²) in [6.45, 7) is 2.57. The lowest BCUT2D eigenvalue weighted by Gasteiger charge is -2.27. The van der Waals surface area contributed by atoms with Crippen LogP contribution < -0.4 is 9.55 Å². The molecule has 0 saturated carbocycles. The van der Waals surface area contributed by atoms with Gasteiger partial charge in [0.2, 0.25) is 0 Å². The van der Waals surface area contributed by atoms with Crippen LogP contribution in [0, 0.1) is 14.9 Å². The monoisotopic (exact) mass is 516 g/mol. The summed E-state index contributed by atoms with van der Waals surface area (Å²) in [4.78, 5) is 1.83. The van der Waals surface area contributed by atoms with Crippen LogP contribution in [0.25, 0.3) is 10.8 Å². The summed E-state index contributed by atoms with van der Waals surface area (Å²) < 4.78 is 7.11. The van der Waals surface area contributed by atoms with Gasteiger partial charge in [-0.25, -0.2) is 0 Å². The minimum absolute atomic E-state index is 0.423. The third-order valence-electron chi connectivity index (χ3n) is 4.53. The molecule has 0 unspecified atom stereocenters. The molecule has 29 heavy (non-hydrogen) atoms. The van der Waals surface area contributed by atoms with Crippen molar-refractivity contribution in [3.8, 4) is 11.8 Å². The van der Waals surface area contributed by atoms with Gasteiger partial charge < -0.3 is 14.6 Å². The molecule has 0 amide bonds. The van der Waals surface area contributed by atoms with Crippen LogP contribution in [-0.2, 0) is 6.61 Å². The lowest BCUT2D eigenvalue weighted by atomic mass is 9.84. The van der Waals surface area contributed by atoms with Crippen molar-refractivity contribution in [1.29, 1.82) is 5.26 Å². The van der Waals surface area contributed by atoms with E-state index in [-0.39, 0.29) is 0 Å². The Bertz CT molecular complexity index is 1070. The van der Waals surface area contributed by atoms with Gasteiger partial charge >= 0.3 is 7.05 Å². The summed E-state index contributed by atoms with van der Waals surface area (Å²) in [6.07, 6.45) is 1.77. The maximum atomic E-state index is 10.3. The minimum atomic E-state index is -0.727. The number of benzene rings is 3. The summed E-state index contributed by atoms with van der Waals surface area (Å²) in [7, 11) is -0.727. The quantitative estimate of drug-likeness (QED) is 0.330. The van der Waals surface area contributed by atoms with E-state index in [2.05, 4.69) is 28.7 Å². The first-order chi connectivity index (χ1) is 14.0. The first-order valence-corrected chi connectivity index (χ1v) is 10.6.